The minimum atomic E-state index is -3.63. The van der Waals surface area contributed by atoms with E-state index < -0.39 is 40.3 Å². The van der Waals surface area contributed by atoms with Crippen molar-refractivity contribution < 1.29 is 32.3 Å². The van der Waals surface area contributed by atoms with Crippen molar-refractivity contribution in [3.8, 4) is 0 Å². The van der Waals surface area contributed by atoms with E-state index in [9.17, 15) is 22.8 Å². The van der Waals surface area contributed by atoms with Crippen molar-refractivity contribution in [1.82, 2.24) is 5.32 Å². The van der Waals surface area contributed by atoms with Gasteiger partial charge in [-0.05, 0) is 18.1 Å². The van der Waals surface area contributed by atoms with E-state index in [0.717, 1.165) is 6.26 Å². The maximum absolute atomic E-state index is 12.1. The Hall–Kier alpha value is -2.42. The molecule has 1 aromatic rings. The van der Waals surface area contributed by atoms with Crippen molar-refractivity contribution in [3.05, 3.63) is 29.8 Å². The largest absolute Gasteiger partial charge is 0.467 e. The molecule has 0 radical (unpaired) electrons. The molecule has 0 spiro atoms. The van der Waals surface area contributed by atoms with Gasteiger partial charge < -0.3 is 14.8 Å². The van der Waals surface area contributed by atoms with E-state index in [-0.39, 0.29) is 16.4 Å². The number of esters is 2. The second kappa shape index (κ2) is 9.33. The fourth-order valence-corrected chi connectivity index (χ4v) is 3.06. The Labute approximate surface area is 152 Å². The van der Waals surface area contributed by atoms with Crippen LogP contribution in [0.5, 0.6) is 0 Å². The zero-order valence-electron chi connectivity index (χ0n) is 15.1. The van der Waals surface area contributed by atoms with Crippen LogP contribution >= 0.6 is 0 Å². The van der Waals surface area contributed by atoms with E-state index in [0.29, 0.717) is 6.42 Å². The van der Waals surface area contributed by atoms with Crippen molar-refractivity contribution in [2.24, 2.45) is 5.92 Å². The average Bonchev–Trinajstić information content (AvgIpc) is 2.62. The predicted octanol–water partition coefficient (Wildman–Crippen LogP) is 0.951. The van der Waals surface area contributed by atoms with Crippen LogP contribution in [0.15, 0.2) is 29.2 Å². The number of hydrogen-bond acceptors (Lipinski definition) is 7. The summed E-state index contributed by atoms with van der Waals surface area (Å²) >= 11 is 0. The summed E-state index contributed by atoms with van der Waals surface area (Å²) in [5.41, 5.74) is -0.158. The number of rotatable bonds is 8. The van der Waals surface area contributed by atoms with Crippen LogP contribution in [0.25, 0.3) is 0 Å². The van der Waals surface area contributed by atoms with Gasteiger partial charge in [-0.1, -0.05) is 32.4 Å². The topological polar surface area (TPSA) is 116 Å². The molecule has 0 fully saturated rings. The van der Waals surface area contributed by atoms with Crippen molar-refractivity contribution in [3.63, 3.8) is 0 Å². The van der Waals surface area contributed by atoms with Gasteiger partial charge in [0.25, 0.3) is 5.91 Å². The summed E-state index contributed by atoms with van der Waals surface area (Å²) in [6.07, 6.45) is 1.60. The number of carbonyl (C=O) groups is 3. The lowest BCUT2D eigenvalue weighted by atomic mass is 9.99. The molecule has 1 amide bonds. The summed E-state index contributed by atoms with van der Waals surface area (Å²) in [5, 5.41) is 2.46. The molecule has 144 valence electrons. The monoisotopic (exact) mass is 385 g/mol. The van der Waals surface area contributed by atoms with Crippen molar-refractivity contribution in [1.29, 1.82) is 0 Å². The molecule has 8 nitrogen and oxygen atoms in total. The van der Waals surface area contributed by atoms with Crippen molar-refractivity contribution in [2.75, 3.05) is 20.0 Å². The number of sulfone groups is 1. The summed E-state index contributed by atoms with van der Waals surface area (Å²) in [7, 11) is -2.41. The maximum atomic E-state index is 12.1. The van der Waals surface area contributed by atoms with Crippen LogP contribution in [0.4, 0.5) is 0 Å². The average molecular weight is 385 g/mol. The van der Waals surface area contributed by atoms with Gasteiger partial charge in [-0.3, -0.25) is 4.79 Å². The van der Waals surface area contributed by atoms with Crippen LogP contribution in [-0.4, -0.2) is 52.3 Å². The highest BCUT2D eigenvalue weighted by molar-refractivity contribution is 7.90. The highest BCUT2D eigenvalue weighted by Gasteiger charge is 2.27. The first-order valence-corrected chi connectivity index (χ1v) is 9.84. The minimum absolute atomic E-state index is 0.158. The Morgan fingerprint density at radius 1 is 1.19 bits per heavy atom. The van der Waals surface area contributed by atoms with Gasteiger partial charge in [0.2, 0.25) is 0 Å². The fourth-order valence-electron chi connectivity index (χ4n) is 2.18. The van der Waals surface area contributed by atoms with Gasteiger partial charge in [0, 0.05) is 6.26 Å². The first-order chi connectivity index (χ1) is 12.1. The van der Waals surface area contributed by atoms with E-state index in [1.807, 2.05) is 6.92 Å². The van der Waals surface area contributed by atoms with Gasteiger partial charge in [-0.15, -0.1) is 0 Å². The molecule has 0 aliphatic rings. The first-order valence-electron chi connectivity index (χ1n) is 7.95. The zero-order chi connectivity index (χ0) is 19.9. The zero-order valence-corrected chi connectivity index (χ0v) is 16.0. The lowest BCUT2D eigenvalue weighted by Crippen LogP contribution is -2.47. The SMILES string of the molecule is CC[C@H](C)[C@H](NC(=O)COC(=O)c1ccccc1S(C)(=O)=O)C(=O)OC. The van der Waals surface area contributed by atoms with Crippen molar-refractivity contribution in [2.45, 2.75) is 31.2 Å². The normalized spacial score (nSPS) is 13.4. The molecule has 0 unspecified atom stereocenters. The van der Waals surface area contributed by atoms with Crippen LogP contribution in [0.1, 0.15) is 30.6 Å². The highest BCUT2D eigenvalue weighted by Crippen LogP contribution is 2.16. The lowest BCUT2D eigenvalue weighted by molar-refractivity contribution is -0.147. The Morgan fingerprint density at radius 2 is 1.81 bits per heavy atom. The van der Waals surface area contributed by atoms with Crippen molar-refractivity contribution >= 4 is 27.7 Å². The third kappa shape index (κ3) is 5.83. The molecule has 9 heteroatoms. The fraction of sp³-hybridized carbons (Fsp3) is 0.471. The molecule has 0 aromatic heterocycles. The first kappa shape index (κ1) is 21.6. The van der Waals surface area contributed by atoms with E-state index in [1.165, 1.54) is 31.4 Å². The molecule has 2 atom stereocenters. The van der Waals surface area contributed by atoms with E-state index in [1.54, 1.807) is 6.92 Å². The maximum Gasteiger partial charge on any atom is 0.339 e. The number of carbonyl (C=O) groups excluding carboxylic acids is 3. The number of methoxy groups -OCH3 is 1. The second-order valence-corrected chi connectivity index (χ2v) is 7.78. The summed E-state index contributed by atoms with van der Waals surface area (Å²) < 4.78 is 33.0. The summed E-state index contributed by atoms with van der Waals surface area (Å²) in [4.78, 5) is 35.7. The number of ether oxygens (including phenoxy) is 2. The third-order valence-electron chi connectivity index (χ3n) is 3.83. The van der Waals surface area contributed by atoms with Crippen LogP contribution in [0, 0.1) is 5.92 Å². The van der Waals surface area contributed by atoms with Gasteiger partial charge >= 0.3 is 11.9 Å². The molecular formula is C17H23NO7S. The summed E-state index contributed by atoms with van der Waals surface area (Å²) in [6.45, 7) is 2.98. The third-order valence-corrected chi connectivity index (χ3v) is 4.98. The Morgan fingerprint density at radius 3 is 2.35 bits per heavy atom. The Balaban J connectivity index is 2.79. The molecule has 0 saturated heterocycles. The van der Waals surface area contributed by atoms with E-state index in [2.05, 4.69) is 10.1 Å². The Kier molecular flexibility index (Phi) is 7.76. The number of amides is 1. The number of benzene rings is 1. The minimum Gasteiger partial charge on any atom is -0.467 e. The van der Waals surface area contributed by atoms with Gasteiger partial charge in [0.1, 0.15) is 6.04 Å². The van der Waals surface area contributed by atoms with E-state index >= 15 is 0 Å². The second-order valence-electron chi connectivity index (χ2n) is 5.80. The van der Waals surface area contributed by atoms with Gasteiger partial charge in [0.15, 0.2) is 16.4 Å². The standard InChI is InChI=1S/C17H23NO7S/c1-5-11(2)15(17(21)24-3)18-14(19)10-25-16(20)12-8-6-7-9-13(12)26(4,22)23/h6-9,11,15H,5,10H2,1-4H3,(H,18,19)/t11-,15-/m0/s1. The molecular weight excluding hydrogens is 362 g/mol. The van der Waals surface area contributed by atoms with Gasteiger partial charge in [-0.25, -0.2) is 18.0 Å². The van der Waals surface area contributed by atoms with Crippen LogP contribution in [-0.2, 0) is 28.9 Å². The molecule has 0 aliphatic carbocycles. The van der Waals surface area contributed by atoms with Crippen LogP contribution < -0.4 is 5.32 Å². The molecule has 1 aromatic carbocycles. The van der Waals surface area contributed by atoms with Gasteiger partial charge in [0.05, 0.1) is 17.6 Å². The molecule has 0 aliphatic heterocycles. The summed E-state index contributed by atoms with van der Waals surface area (Å²) in [6, 6.07) is 4.68. The Bertz CT molecular complexity index is 773. The van der Waals surface area contributed by atoms with Crippen LogP contribution in [0.2, 0.25) is 0 Å². The molecule has 1 N–H and O–H groups in total. The van der Waals surface area contributed by atoms with Crippen LogP contribution in [0.3, 0.4) is 0 Å². The smallest absolute Gasteiger partial charge is 0.339 e. The van der Waals surface area contributed by atoms with E-state index in [4.69, 9.17) is 4.74 Å². The lowest BCUT2D eigenvalue weighted by Gasteiger charge is -2.21. The molecule has 1 rings (SSSR count). The molecule has 26 heavy (non-hydrogen) atoms. The highest BCUT2D eigenvalue weighted by atomic mass is 32.2. The van der Waals surface area contributed by atoms with Gasteiger partial charge in [-0.2, -0.15) is 0 Å². The summed E-state index contributed by atoms with van der Waals surface area (Å²) in [5.74, 6) is -2.40. The number of hydrogen-bond donors (Lipinski definition) is 1. The predicted molar refractivity (Wildman–Crippen MR) is 93.2 cm³/mol. The molecule has 0 bridgehead atoms. The molecule has 0 saturated carbocycles. The quantitative estimate of drug-likeness (QED) is 0.662. The molecule has 0 heterocycles. The number of nitrogens with one attached hydrogen (secondary N) is 1.